The fraction of sp³-hybridized carbons (Fsp3) is 0.278. The molecule has 0 aliphatic heterocycles. The van der Waals surface area contributed by atoms with E-state index in [9.17, 15) is 4.79 Å². The fourth-order valence-electron chi connectivity index (χ4n) is 2.08. The molecule has 3 nitrogen and oxygen atoms in total. The third-order valence-electron chi connectivity index (χ3n) is 3.59. The largest absolute Gasteiger partial charge is 0.374 e. The number of hydrogen-bond acceptors (Lipinski definition) is 2. The molecule has 110 valence electrons. The summed E-state index contributed by atoms with van der Waals surface area (Å²) >= 11 is 0. The fourth-order valence-corrected chi connectivity index (χ4v) is 2.08. The quantitative estimate of drug-likeness (QED) is 0.882. The molecule has 0 spiro atoms. The number of nitrogens with one attached hydrogen (secondary N) is 2. The smallest absolute Gasteiger partial charge is 0.242 e. The van der Waals surface area contributed by atoms with Crippen LogP contribution in [0, 0.1) is 13.8 Å². The van der Waals surface area contributed by atoms with Crippen molar-refractivity contribution in [2.75, 3.05) is 5.32 Å². The minimum absolute atomic E-state index is 0.00270. The first-order valence-corrected chi connectivity index (χ1v) is 7.21. The van der Waals surface area contributed by atoms with Gasteiger partial charge in [0, 0.05) is 12.2 Å². The third kappa shape index (κ3) is 4.35. The van der Waals surface area contributed by atoms with Crippen LogP contribution in [0.3, 0.4) is 0 Å². The molecule has 0 aromatic heterocycles. The van der Waals surface area contributed by atoms with Gasteiger partial charge in [-0.3, -0.25) is 4.79 Å². The molecule has 0 saturated carbocycles. The molecule has 21 heavy (non-hydrogen) atoms. The second-order valence-corrected chi connectivity index (χ2v) is 5.37. The van der Waals surface area contributed by atoms with Crippen LogP contribution < -0.4 is 10.6 Å². The van der Waals surface area contributed by atoms with Crippen LogP contribution in [0.25, 0.3) is 0 Å². The lowest BCUT2D eigenvalue weighted by atomic mass is 10.1. The maximum Gasteiger partial charge on any atom is 0.242 e. The van der Waals surface area contributed by atoms with E-state index in [4.69, 9.17) is 0 Å². The van der Waals surface area contributed by atoms with E-state index in [2.05, 4.69) is 36.6 Å². The van der Waals surface area contributed by atoms with E-state index < -0.39 is 0 Å². The van der Waals surface area contributed by atoms with E-state index in [0.29, 0.717) is 6.54 Å². The van der Waals surface area contributed by atoms with Gasteiger partial charge in [-0.25, -0.2) is 0 Å². The molecule has 2 rings (SSSR count). The summed E-state index contributed by atoms with van der Waals surface area (Å²) in [6, 6.07) is 15.8. The van der Waals surface area contributed by atoms with Crippen LogP contribution in [0.2, 0.25) is 0 Å². The van der Waals surface area contributed by atoms with Gasteiger partial charge >= 0.3 is 0 Å². The Morgan fingerprint density at radius 2 is 1.76 bits per heavy atom. The minimum Gasteiger partial charge on any atom is -0.374 e. The Labute approximate surface area is 126 Å². The summed E-state index contributed by atoms with van der Waals surface area (Å²) in [5.41, 5.74) is 4.54. The van der Waals surface area contributed by atoms with Gasteiger partial charge in [-0.1, -0.05) is 36.4 Å². The van der Waals surface area contributed by atoms with Gasteiger partial charge in [-0.15, -0.1) is 0 Å². The Bertz CT molecular complexity index is 608. The number of carbonyl (C=O) groups is 1. The van der Waals surface area contributed by atoms with Crippen LogP contribution in [0.4, 0.5) is 5.69 Å². The van der Waals surface area contributed by atoms with Crippen LogP contribution in [-0.4, -0.2) is 11.9 Å². The molecular weight excluding hydrogens is 260 g/mol. The molecule has 0 radical (unpaired) electrons. The molecule has 0 heterocycles. The number of hydrogen-bond donors (Lipinski definition) is 2. The Morgan fingerprint density at radius 1 is 1.05 bits per heavy atom. The van der Waals surface area contributed by atoms with Gasteiger partial charge in [-0.05, 0) is 49.6 Å². The van der Waals surface area contributed by atoms with Gasteiger partial charge in [0.1, 0.15) is 6.04 Å². The molecule has 0 aliphatic carbocycles. The van der Waals surface area contributed by atoms with Crippen LogP contribution in [0.1, 0.15) is 23.6 Å². The molecule has 0 saturated heterocycles. The van der Waals surface area contributed by atoms with E-state index in [0.717, 1.165) is 11.3 Å². The van der Waals surface area contributed by atoms with E-state index in [1.165, 1.54) is 11.1 Å². The second kappa shape index (κ2) is 6.93. The number of aryl methyl sites for hydroxylation is 2. The minimum atomic E-state index is -0.268. The van der Waals surface area contributed by atoms with Crippen LogP contribution in [-0.2, 0) is 11.3 Å². The zero-order valence-corrected chi connectivity index (χ0v) is 12.8. The SMILES string of the molecule is Cc1ccc(N[C@@H](C)C(=O)NCc2ccccc2)cc1C. The Morgan fingerprint density at radius 3 is 2.43 bits per heavy atom. The van der Waals surface area contributed by atoms with Gasteiger partial charge in [0.05, 0.1) is 0 Å². The lowest BCUT2D eigenvalue weighted by molar-refractivity contribution is -0.121. The topological polar surface area (TPSA) is 41.1 Å². The van der Waals surface area contributed by atoms with Crippen molar-refractivity contribution in [3.05, 3.63) is 65.2 Å². The van der Waals surface area contributed by atoms with Crippen LogP contribution in [0.5, 0.6) is 0 Å². The van der Waals surface area contributed by atoms with Gasteiger partial charge in [0.25, 0.3) is 0 Å². The number of carbonyl (C=O) groups excluding carboxylic acids is 1. The third-order valence-corrected chi connectivity index (χ3v) is 3.59. The predicted molar refractivity (Wildman–Crippen MR) is 87.3 cm³/mol. The van der Waals surface area contributed by atoms with Gasteiger partial charge < -0.3 is 10.6 Å². The van der Waals surface area contributed by atoms with E-state index >= 15 is 0 Å². The summed E-state index contributed by atoms with van der Waals surface area (Å²) in [5, 5.41) is 6.18. The van der Waals surface area contributed by atoms with Crippen molar-refractivity contribution >= 4 is 11.6 Å². The Kier molecular flexibility index (Phi) is 4.99. The van der Waals surface area contributed by atoms with E-state index in [-0.39, 0.29) is 11.9 Å². The maximum atomic E-state index is 12.1. The van der Waals surface area contributed by atoms with Crippen molar-refractivity contribution in [2.45, 2.75) is 33.4 Å². The molecule has 2 aromatic rings. The first-order chi connectivity index (χ1) is 10.1. The van der Waals surface area contributed by atoms with E-state index in [1.807, 2.05) is 43.3 Å². The van der Waals surface area contributed by atoms with Crippen molar-refractivity contribution in [1.29, 1.82) is 0 Å². The Hall–Kier alpha value is -2.29. The first-order valence-electron chi connectivity index (χ1n) is 7.21. The molecule has 0 unspecified atom stereocenters. The van der Waals surface area contributed by atoms with Crippen LogP contribution in [0.15, 0.2) is 48.5 Å². The molecule has 1 amide bonds. The summed E-state index contributed by atoms with van der Waals surface area (Å²) in [6.45, 7) is 6.57. The standard InChI is InChI=1S/C18H22N2O/c1-13-9-10-17(11-14(13)2)20-15(3)18(21)19-12-16-7-5-4-6-8-16/h4-11,15,20H,12H2,1-3H3,(H,19,21)/t15-/m0/s1. The zero-order valence-electron chi connectivity index (χ0n) is 12.8. The van der Waals surface area contributed by atoms with Crippen molar-refractivity contribution in [3.8, 4) is 0 Å². The summed E-state index contributed by atoms with van der Waals surface area (Å²) in [7, 11) is 0. The highest BCUT2D eigenvalue weighted by molar-refractivity contribution is 5.84. The van der Waals surface area contributed by atoms with Crippen LogP contribution >= 0.6 is 0 Å². The maximum absolute atomic E-state index is 12.1. The lowest BCUT2D eigenvalue weighted by Gasteiger charge is -2.16. The zero-order chi connectivity index (χ0) is 15.2. The highest BCUT2D eigenvalue weighted by atomic mass is 16.2. The van der Waals surface area contributed by atoms with Crippen molar-refractivity contribution in [2.24, 2.45) is 0 Å². The molecule has 1 atom stereocenters. The van der Waals surface area contributed by atoms with E-state index in [1.54, 1.807) is 0 Å². The molecular formula is C18H22N2O. The monoisotopic (exact) mass is 282 g/mol. The highest BCUT2D eigenvalue weighted by Crippen LogP contribution is 2.15. The van der Waals surface area contributed by atoms with Gasteiger partial charge in [0.15, 0.2) is 0 Å². The van der Waals surface area contributed by atoms with Gasteiger partial charge in [0.2, 0.25) is 5.91 Å². The predicted octanol–water partition coefficient (Wildman–Crippen LogP) is 3.42. The first kappa shape index (κ1) is 15.1. The molecule has 2 N–H and O–H groups in total. The summed E-state index contributed by atoms with van der Waals surface area (Å²) < 4.78 is 0. The Balaban J connectivity index is 1.88. The normalized spacial score (nSPS) is 11.8. The number of rotatable bonds is 5. The highest BCUT2D eigenvalue weighted by Gasteiger charge is 2.12. The molecule has 3 heteroatoms. The summed E-state index contributed by atoms with van der Waals surface area (Å²) in [5.74, 6) is -0.00270. The number of anilines is 1. The molecule has 0 bridgehead atoms. The molecule has 0 aliphatic rings. The summed E-state index contributed by atoms with van der Waals surface area (Å²) in [4.78, 5) is 12.1. The summed E-state index contributed by atoms with van der Waals surface area (Å²) in [6.07, 6.45) is 0. The van der Waals surface area contributed by atoms with Crippen molar-refractivity contribution < 1.29 is 4.79 Å². The van der Waals surface area contributed by atoms with Gasteiger partial charge in [-0.2, -0.15) is 0 Å². The average molecular weight is 282 g/mol. The average Bonchev–Trinajstić information content (AvgIpc) is 2.49. The molecule has 2 aromatic carbocycles. The lowest BCUT2D eigenvalue weighted by Crippen LogP contribution is -2.37. The van der Waals surface area contributed by atoms with Crippen molar-refractivity contribution in [1.82, 2.24) is 5.32 Å². The van der Waals surface area contributed by atoms with Crippen molar-refractivity contribution in [3.63, 3.8) is 0 Å². The molecule has 0 fully saturated rings. The number of amides is 1. The second-order valence-electron chi connectivity index (χ2n) is 5.37. The number of benzene rings is 2.